The molecule has 1 amide bonds. The van der Waals surface area contributed by atoms with Crippen LogP contribution >= 0.6 is 0 Å². The van der Waals surface area contributed by atoms with E-state index in [2.05, 4.69) is 54.2 Å². The van der Waals surface area contributed by atoms with Crippen molar-refractivity contribution in [3.8, 4) is 0 Å². The molecule has 26 heavy (non-hydrogen) atoms. The predicted octanol–water partition coefficient (Wildman–Crippen LogP) is 3.81. The minimum Gasteiger partial charge on any atom is -0.322 e. The fraction of sp³-hybridized carbons (Fsp3) is 0.409. The third-order valence-corrected chi connectivity index (χ3v) is 5.03. The number of anilines is 1. The van der Waals surface area contributed by atoms with Gasteiger partial charge in [-0.1, -0.05) is 38.1 Å². The summed E-state index contributed by atoms with van der Waals surface area (Å²) in [6, 6.07) is 16.1. The van der Waals surface area contributed by atoms with Gasteiger partial charge >= 0.3 is 0 Å². The quantitative estimate of drug-likeness (QED) is 0.890. The molecule has 0 atom stereocenters. The maximum atomic E-state index is 12.5. The molecule has 1 aliphatic heterocycles. The van der Waals surface area contributed by atoms with Gasteiger partial charge in [-0.2, -0.15) is 0 Å². The van der Waals surface area contributed by atoms with Crippen LogP contribution in [-0.4, -0.2) is 48.9 Å². The Morgan fingerprint density at radius 3 is 2.38 bits per heavy atom. The first-order valence-electron chi connectivity index (χ1n) is 9.42. The molecule has 4 heteroatoms. The number of likely N-dealkylation sites (N-methyl/N-ethyl adjacent to an activating group) is 1. The fourth-order valence-corrected chi connectivity index (χ4v) is 3.20. The number of benzene rings is 2. The number of amides is 1. The van der Waals surface area contributed by atoms with E-state index in [9.17, 15) is 4.79 Å². The predicted molar refractivity (Wildman–Crippen MR) is 108 cm³/mol. The molecule has 0 spiro atoms. The highest BCUT2D eigenvalue weighted by Gasteiger charge is 2.14. The Labute approximate surface area is 156 Å². The van der Waals surface area contributed by atoms with Gasteiger partial charge in [0, 0.05) is 44.0 Å². The van der Waals surface area contributed by atoms with Crippen LogP contribution in [0.3, 0.4) is 0 Å². The van der Waals surface area contributed by atoms with E-state index in [-0.39, 0.29) is 5.91 Å². The van der Waals surface area contributed by atoms with Crippen LogP contribution in [0.5, 0.6) is 0 Å². The van der Waals surface area contributed by atoms with Gasteiger partial charge in [-0.3, -0.25) is 9.69 Å². The summed E-state index contributed by atoms with van der Waals surface area (Å²) in [5, 5.41) is 3.00. The van der Waals surface area contributed by atoms with Gasteiger partial charge in [-0.25, -0.2) is 0 Å². The topological polar surface area (TPSA) is 35.6 Å². The largest absolute Gasteiger partial charge is 0.322 e. The van der Waals surface area contributed by atoms with Crippen LogP contribution in [0.4, 0.5) is 5.69 Å². The molecule has 0 radical (unpaired) electrons. The first-order valence-corrected chi connectivity index (χ1v) is 9.42. The van der Waals surface area contributed by atoms with E-state index in [0.717, 1.165) is 38.4 Å². The van der Waals surface area contributed by atoms with Crippen molar-refractivity contribution >= 4 is 11.6 Å². The summed E-state index contributed by atoms with van der Waals surface area (Å²) in [6.45, 7) is 9.72. The molecule has 1 fully saturated rings. The highest BCUT2D eigenvalue weighted by atomic mass is 16.1. The van der Waals surface area contributed by atoms with Crippen molar-refractivity contribution in [2.75, 3.05) is 38.5 Å². The van der Waals surface area contributed by atoms with Crippen LogP contribution in [0, 0.1) is 0 Å². The molecule has 4 nitrogen and oxygen atoms in total. The second kappa shape index (κ2) is 8.47. The maximum absolute atomic E-state index is 12.5. The second-order valence-corrected chi connectivity index (χ2v) is 7.51. The number of carbonyl (C=O) groups excluding carboxylic acids is 1. The van der Waals surface area contributed by atoms with Gasteiger partial charge in [-0.15, -0.1) is 0 Å². The van der Waals surface area contributed by atoms with E-state index in [1.165, 1.54) is 11.1 Å². The molecular weight excluding hydrogens is 322 g/mol. The van der Waals surface area contributed by atoms with Crippen molar-refractivity contribution in [2.45, 2.75) is 26.3 Å². The molecule has 1 heterocycles. The summed E-state index contributed by atoms with van der Waals surface area (Å²) in [5.41, 5.74) is 4.01. The number of nitrogens with zero attached hydrogens (tertiary/aromatic N) is 2. The second-order valence-electron chi connectivity index (χ2n) is 7.51. The third-order valence-electron chi connectivity index (χ3n) is 5.03. The molecule has 0 aromatic heterocycles. The molecule has 2 aromatic rings. The van der Waals surface area contributed by atoms with Gasteiger partial charge < -0.3 is 10.2 Å². The zero-order chi connectivity index (χ0) is 18.5. The normalized spacial score (nSPS) is 16.0. The highest BCUT2D eigenvalue weighted by molar-refractivity contribution is 6.04. The van der Waals surface area contributed by atoms with Gasteiger partial charge in [0.05, 0.1) is 0 Å². The number of hydrogen-bond acceptors (Lipinski definition) is 3. The van der Waals surface area contributed by atoms with Gasteiger partial charge in [0.2, 0.25) is 0 Å². The van der Waals surface area contributed by atoms with E-state index in [4.69, 9.17) is 0 Å². The summed E-state index contributed by atoms with van der Waals surface area (Å²) in [7, 11) is 2.17. The summed E-state index contributed by atoms with van der Waals surface area (Å²) in [6.07, 6.45) is 0. The lowest BCUT2D eigenvalue weighted by atomic mass is 10.0. The minimum absolute atomic E-state index is 0.0562. The van der Waals surface area contributed by atoms with E-state index in [1.807, 2.05) is 30.3 Å². The van der Waals surface area contributed by atoms with E-state index in [0.29, 0.717) is 11.5 Å². The number of hydrogen-bond donors (Lipinski definition) is 1. The SMILES string of the molecule is CC(C)c1cccc(C(=O)Nc2ccc(CN3CCN(C)CC3)cc2)c1. The fourth-order valence-electron chi connectivity index (χ4n) is 3.20. The van der Waals surface area contributed by atoms with E-state index < -0.39 is 0 Å². The summed E-state index contributed by atoms with van der Waals surface area (Å²) in [4.78, 5) is 17.3. The van der Waals surface area contributed by atoms with Crippen LogP contribution in [0.25, 0.3) is 0 Å². The van der Waals surface area contributed by atoms with E-state index >= 15 is 0 Å². The lowest BCUT2D eigenvalue weighted by molar-refractivity contribution is 0.102. The molecule has 0 bridgehead atoms. The van der Waals surface area contributed by atoms with Gasteiger partial charge in [0.1, 0.15) is 0 Å². The van der Waals surface area contributed by atoms with Crippen molar-refractivity contribution in [3.63, 3.8) is 0 Å². The first-order chi connectivity index (χ1) is 12.5. The molecule has 0 aliphatic carbocycles. The summed E-state index contributed by atoms with van der Waals surface area (Å²) >= 11 is 0. The van der Waals surface area contributed by atoms with E-state index in [1.54, 1.807) is 0 Å². The Bertz CT molecular complexity index is 731. The molecule has 0 unspecified atom stereocenters. The number of piperazine rings is 1. The van der Waals surface area contributed by atoms with Gasteiger partial charge in [0.15, 0.2) is 0 Å². The number of rotatable bonds is 5. The van der Waals surface area contributed by atoms with Crippen LogP contribution < -0.4 is 5.32 Å². The van der Waals surface area contributed by atoms with Gasteiger partial charge in [-0.05, 0) is 48.4 Å². The van der Waals surface area contributed by atoms with Crippen molar-refractivity contribution in [2.24, 2.45) is 0 Å². The van der Waals surface area contributed by atoms with Gasteiger partial charge in [0.25, 0.3) is 5.91 Å². The smallest absolute Gasteiger partial charge is 0.255 e. The van der Waals surface area contributed by atoms with Crippen molar-refractivity contribution in [3.05, 3.63) is 65.2 Å². The Hall–Kier alpha value is -2.17. The average Bonchev–Trinajstić information content (AvgIpc) is 2.65. The minimum atomic E-state index is -0.0562. The maximum Gasteiger partial charge on any atom is 0.255 e. The zero-order valence-electron chi connectivity index (χ0n) is 16.0. The van der Waals surface area contributed by atoms with Crippen molar-refractivity contribution in [1.29, 1.82) is 0 Å². The Kier molecular flexibility index (Phi) is 6.07. The van der Waals surface area contributed by atoms with Crippen LogP contribution in [0.15, 0.2) is 48.5 Å². The number of nitrogens with one attached hydrogen (secondary N) is 1. The Morgan fingerprint density at radius 2 is 1.73 bits per heavy atom. The standard InChI is InChI=1S/C22H29N3O/c1-17(2)19-5-4-6-20(15-19)22(26)23-21-9-7-18(8-10-21)16-25-13-11-24(3)12-14-25/h4-10,15,17H,11-14,16H2,1-3H3,(H,23,26). The third kappa shape index (κ3) is 4.93. The highest BCUT2D eigenvalue weighted by Crippen LogP contribution is 2.18. The molecule has 0 saturated carbocycles. The molecule has 138 valence electrons. The van der Waals surface area contributed by atoms with Crippen LogP contribution in [0.2, 0.25) is 0 Å². The lowest BCUT2D eigenvalue weighted by Gasteiger charge is -2.32. The Morgan fingerprint density at radius 1 is 1.04 bits per heavy atom. The first kappa shape index (κ1) is 18.6. The molecular formula is C22H29N3O. The summed E-state index contributed by atoms with van der Waals surface area (Å²) in [5.74, 6) is 0.357. The molecule has 1 aliphatic rings. The Balaban J connectivity index is 1.58. The molecule has 1 saturated heterocycles. The summed E-state index contributed by atoms with van der Waals surface area (Å²) < 4.78 is 0. The monoisotopic (exact) mass is 351 g/mol. The average molecular weight is 351 g/mol. The van der Waals surface area contributed by atoms with Crippen molar-refractivity contribution in [1.82, 2.24) is 9.80 Å². The zero-order valence-corrected chi connectivity index (χ0v) is 16.0. The van der Waals surface area contributed by atoms with Crippen molar-refractivity contribution < 1.29 is 4.79 Å². The molecule has 2 aromatic carbocycles. The van der Waals surface area contributed by atoms with Crippen LogP contribution in [0.1, 0.15) is 41.3 Å². The van der Waals surface area contributed by atoms with Crippen LogP contribution in [-0.2, 0) is 6.54 Å². The lowest BCUT2D eigenvalue weighted by Crippen LogP contribution is -2.43. The molecule has 3 rings (SSSR count). The number of carbonyl (C=O) groups is 1. The molecule has 1 N–H and O–H groups in total.